The molecule has 150 valence electrons. The van der Waals surface area contributed by atoms with Crippen LogP contribution in [0.2, 0.25) is 5.02 Å². The van der Waals surface area contributed by atoms with Crippen molar-refractivity contribution in [3.05, 3.63) is 23.2 Å². The lowest BCUT2D eigenvalue weighted by Crippen LogP contribution is -2.54. The molecule has 1 saturated heterocycles. The van der Waals surface area contributed by atoms with Gasteiger partial charge in [0, 0.05) is 37.2 Å². The Morgan fingerprint density at radius 1 is 1.19 bits per heavy atom. The lowest BCUT2D eigenvalue weighted by atomic mass is 10.2. The van der Waals surface area contributed by atoms with Gasteiger partial charge in [-0.3, -0.25) is 19.4 Å². The van der Waals surface area contributed by atoms with Gasteiger partial charge in [0.05, 0.1) is 25.4 Å². The van der Waals surface area contributed by atoms with Crippen molar-refractivity contribution < 1.29 is 14.3 Å². The number of carbonyl (C=O) groups excluding carboxylic acids is 2. The quantitative estimate of drug-likeness (QED) is 0.735. The van der Waals surface area contributed by atoms with Gasteiger partial charge in [-0.15, -0.1) is 0 Å². The zero-order chi connectivity index (χ0) is 20.0. The van der Waals surface area contributed by atoms with Crippen LogP contribution in [0.25, 0.3) is 0 Å². The molecule has 0 unspecified atom stereocenters. The molecule has 0 aromatic heterocycles. The van der Waals surface area contributed by atoms with E-state index in [2.05, 4.69) is 20.4 Å². The van der Waals surface area contributed by atoms with Crippen LogP contribution in [0.15, 0.2) is 18.2 Å². The first-order chi connectivity index (χ1) is 12.8. The molecule has 27 heavy (non-hydrogen) atoms. The monoisotopic (exact) mass is 396 g/mol. The minimum Gasteiger partial charge on any atom is -0.495 e. The molecule has 2 amide bonds. The van der Waals surface area contributed by atoms with Crippen LogP contribution in [0.5, 0.6) is 5.75 Å². The lowest BCUT2D eigenvalue weighted by Gasteiger charge is -2.37. The smallest absolute Gasteiger partial charge is 0.241 e. The maximum absolute atomic E-state index is 12.6. The predicted molar refractivity (Wildman–Crippen MR) is 107 cm³/mol. The number of hydrogen-bond donors (Lipinski definition) is 2. The van der Waals surface area contributed by atoms with Gasteiger partial charge in [0.2, 0.25) is 11.8 Å². The third kappa shape index (κ3) is 6.37. The van der Waals surface area contributed by atoms with Crippen molar-refractivity contribution in [3.63, 3.8) is 0 Å². The fourth-order valence-corrected chi connectivity index (χ4v) is 3.23. The number of halogens is 1. The Balaban J connectivity index is 1.86. The first-order valence-corrected chi connectivity index (χ1v) is 9.58. The molecule has 1 fully saturated rings. The number of methoxy groups -OCH3 is 1. The molecule has 0 bridgehead atoms. The highest BCUT2D eigenvalue weighted by molar-refractivity contribution is 6.31. The summed E-state index contributed by atoms with van der Waals surface area (Å²) in [6, 6.07) is 4.97. The largest absolute Gasteiger partial charge is 0.495 e. The molecule has 2 rings (SSSR count). The molecular weight excluding hydrogens is 368 g/mol. The number of amides is 2. The van der Waals surface area contributed by atoms with Crippen LogP contribution >= 0.6 is 11.6 Å². The first-order valence-electron chi connectivity index (χ1n) is 9.20. The summed E-state index contributed by atoms with van der Waals surface area (Å²) in [5.41, 5.74) is 0.561. The predicted octanol–water partition coefficient (Wildman–Crippen LogP) is 1.82. The molecule has 1 aromatic rings. The Kier molecular flexibility index (Phi) is 7.89. The van der Waals surface area contributed by atoms with E-state index in [1.54, 1.807) is 25.3 Å². The highest BCUT2D eigenvalue weighted by Crippen LogP contribution is 2.28. The second-order valence-electron chi connectivity index (χ2n) is 7.04. The first kappa shape index (κ1) is 21.5. The molecule has 2 N–H and O–H groups in total. The summed E-state index contributed by atoms with van der Waals surface area (Å²) >= 11 is 6.02. The maximum Gasteiger partial charge on any atom is 0.241 e. The molecule has 0 saturated carbocycles. The number of hydrogen-bond acceptors (Lipinski definition) is 5. The van der Waals surface area contributed by atoms with Gasteiger partial charge in [-0.25, -0.2) is 0 Å². The molecule has 1 aliphatic rings. The van der Waals surface area contributed by atoms with Crippen molar-refractivity contribution in [2.45, 2.75) is 32.9 Å². The average molecular weight is 397 g/mol. The highest BCUT2D eigenvalue weighted by atomic mass is 35.5. The van der Waals surface area contributed by atoms with Crippen LogP contribution in [0.3, 0.4) is 0 Å². The Labute approximate surface area is 166 Å². The molecule has 1 atom stereocenters. The molecule has 0 spiro atoms. The summed E-state index contributed by atoms with van der Waals surface area (Å²) in [5.74, 6) is 0.500. The summed E-state index contributed by atoms with van der Waals surface area (Å²) in [5, 5.41) is 6.33. The fourth-order valence-electron chi connectivity index (χ4n) is 3.06. The van der Waals surface area contributed by atoms with E-state index >= 15 is 0 Å². The van der Waals surface area contributed by atoms with E-state index in [1.165, 1.54) is 0 Å². The molecule has 0 radical (unpaired) electrons. The highest BCUT2D eigenvalue weighted by Gasteiger charge is 2.27. The van der Waals surface area contributed by atoms with Crippen molar-refractivity contribution >= 4 is 29.1 Å². The van der Waals surface area contributed by atoms with Crippen LogP contribution in [-0.2, 0) is 9.59 Å². The van der Waals surface area contributed by atoms with Crippen LogP contribution in [0.4, 0.5) is 5.69 Å². The van der Waals surface area contributed by atoms with E-state index in [0.717, 1.165) is 26.2 Å². The van der Waals surface area contributed by atoms with Gasteiger partial charge < -0.3 is 15.4 Å². The molecule has 7 nitrogen and oxygen atoms in total. The van der Waals surface area contributed by atoms with Gasteiger partial charge in [-0.05, 0) is 39.0 Å². The van der Waals surface area contributed by atoms with E-state index < -0.39 is 0 Å². The number of anilines is 1. The summed E-state index contributed by atoms with van der Waals surface area (Å²) in [7, 11) is 1.55. The lowest BCUT2D eigenvalue weighted by molar-refractivity contribution is -0.125. The third-order valence-corrected chi connectivity index (χ3v) is 4.81. The summed E-state index contributed by atoms with van der Waals surface area (Å²) in [6.07, 6.45) is 0. The van der Waals surface area contributed by atoms with Crippen LogP contribution in [0.1, 0.15) is 20.8 Å². The molecule has 1 heterocycles. The van der Waals surface area contributed by atoms with Crippen LogP contribution < -0.4 is 15.4 Å². The topological polar surface area (TPSA) is 73.9 Å². The SMILES string of the molecule is COc1ccc(Cl)cc1NC(=O)[C@H](C)N1CCN(CC(=O)NC(C)C)CC1. The number of piperazine rings is 1. The molecule has 1 aromatic carbocycles. The Morgan fingerprint density at radius 3 is 2.44 bits per heavy atom. The van der Waals surface area contributed by atoms with Gasteiger partial charge >= 0.3 is 0 Å². The fraction of sp³-hybridized carbons (Fsp3) is 0.579. The Morgan fingerprint density at radius 2 is 1.85 bits per heavy atom. The summed E-state index contributed by atoms with van der Waals surface area (Å²) in [6.45, 7) is 9.15. The van der Waals surface area contributed by atoms with Gasteiger partial charge in [-0.1, -0.05) is 11.6 Å². The second kappa shape index (κ2) is 9.92. The van der Waals surface area contributed by atoms with Crippen molar-refractivity contribution in [2.24, 2.45) is 0 Å². The van der Waals surface area contributed by atoms with Crippen molar-refractivity contribution in [1.29, 1.82) is 0 Å². The molecule has 0 aliphatic carbocycles. The third-order valence-electron chi connectivity index (χ3n) is 4.57. The van der Waals surface area contributed by atoms with Crippen molar-refractivity contribution in [3.8, 4) is 5.75 Å². The zero-order valence-corrected chi connectivity index (χ0v) is 17.2. The number of nitrogens with zero attached hydrogens (tertiary/aromatic N) is 2. The average Bonchev–Trinajstić information content (AvgIpc) is 2.61. The van der Waals surface area contributed by atoms with Crippen LogP contribution in [-0.4, -0.2) is 73.5 Å². The normalized spacial score (nSPS) is 16.8. The van der Waals surface area contributed by atoms with Gasteiger partial charge in [0.15, 0.2) is 0 Å². The Bertz CT molecular complexity index is 660. The van der Waals surface area contributed by atoms with E-state index in [1.807, 2.05) is 20.8 Å². The number of rotatable bonds is 7. The summed E-state index contributed by atoms with van der Waals surface area (Å²) in [4.78, 5) is 28.8. The van der Waals surface area contributed by atoms with Gasteiger partial charge in [0.1, 0.15) is 5.75 Å². The van der Waals surface area contributed by atoms with E-state index in [-0.39, 0.29) is 23.9 Å². The Hall–Kier alpha value is -1.83. The number of benzene rings is 1. The standard InChI is InChI=1S/C19H29ClN4O3/c1-13(2)21-18(25)12-23-7-9-24(10-8-23)14(3)19(26)22-16-11-15(20)5-6-17(16)27-4/h5-6,11,13-14H,7-10,12H2,1-4H3,(H,21,25)(H,22,26)/t14-/m0/s1. The van der Waals surface area contributed by atoms with Gasteiger partial charge in [-0.2, -0.15) is 0 Å². The van der Waals surface area contributed by atoms with E-state index in [4.69, 9.17) is 16.3 Å². The van der Waals surface area contributed by atoms with E-state index in [0.29, 0.717) is 23.0 Å². The number of ether oxygens (including phenoxy) is 1. The minimum absolute atomic E-state index is 0.0392. The van der Waals surface area contributed by atoms with E-state index in [9.17, 15) is 9.59 Å². The molecule has 8 heteroatoms. The van der Waals surface area contributed by atoms with Crippen molar-refractivity contribution in [2.75, 3.05) is 45.2 Å². The molecular formula is C19H29ClN4O3. The van der Waals surface area contributed by atoms with Crippen molar-refractivity contribution in [1.82, 2.24) is 15.1 Å². The molecule has 1 aliphatic heterocycles. The number of carbonyl (C=O) groups is 2. The van der Waals surface area contributed by atoms with Crippen LogP contribution in [0, 0.1) is 0 Å². The maximum atomic E-state index is 12.6. The number of nitrogens with one attached hydrogen (secondary N) is 2. The second-order valence-corrected chi connectivity index (χ2v) is 7.48. The van der Waals surface area contributed by atoms with Gasteiger partial charge in [0.25, 0.3) is 0 Å². The zero-order valence-electron chi connectivity index (χ0n) is 16.4. The summed E-state index contributed by atoms with van der Waals surface area (Å²) < 4.78 is 5.27. The minimum atomic E-state index is -0.291.